The quantitative estimate of drug-likeness (QED) is 0.776. The second-order valence-corrected chi connectivity index (χ2v) is 6.42. The van der Waals surface area contributed by atoms with E-state index in [-0.39, 0.29) is 5.91 Å². The summed E-state index contributed by atoms with van der Waals surface area (Å²) in [6.45, 7) is 5.37. The van der Waals surface area contributed by atoms with Crippen LogP contribution in [0.5, 0.6) is 0 Å². The van der Waals surface area contributed by atoms with Crippen molar-refractivity contribution in [2.24, 2.45) is 0 Å². The van der Waals surface area contributed by atoms with E-state index in [1.165, 1.54) is 19.3 Å². The van der Waals surface area contributed by atoms with Gasteiger partial charge in [0.15, 0.2) is 0 Å². The molecule has 1 saturated heterocycles. The average molecular weight is 292 g/mol. The Labute approximate surface area is 128 Å². The van der Waals surface area contributed by atoms with Gasteiger partial charge in [-0.25, -0.2) is 0 Å². The molecule has 1 amide bonds. The minimum Gasteiger partial charge on any atom is -0.337 e. The van der Waals surface area contributed by atoms with E-state index in [9.17, 15) is 10.1 Å². The molecular formula is C16H28N4O. The normalized spacial score (nSPS) is 24.7. The molecule has 5 nitrogen and oxygen atoms in total. The van der Waals surface area contributed by atoms with E-state index in [4.69, 9.17) is 0 Å². The highest BCUT2D eigenvalue weighted by atomic mass is 16.2. The summed E-state index contributed by atoms with van der Waals surface area (Å²) in [5.41, 5.74) is -0.598. The first-order chi connectivity index (χ1) is 10.2. The van der Waals surface area contributed by atoms with Gasteiger partial charge in [-0.05, 0) is 51.6 Å². The maximum Gasteiger partial charge on any atom is 0.235 e. The Hall–Kier alpha value is -1.12. The molecule has 2 aliphatic rings. The maximum absolute atomic E-state index is 12.2. The van der Waals surface area contributed by atoms with Crippen molar-refractivity contribution in [2.75, 3.05) is 26.2 Å². The van der Waals surface area contributed by atoms with Crippen LogP contribution in [-0.4, -0.2) is 48.6 Å². The molecule has 0 radical (unpaired) electrons. The van der Waals surface area contributed by atoms with Crippen molar-refractivity contribution in [1.29, 1.82) is 5.26 Å². The molecular weight excluding hydrogens is 264 g/mol. The van der Waals surface area contributed by atoms with Crippen LogP contribution in [0.25, 0.3) is 0 Å². The summed E-state index contributed by atoms with van der Waals surface area (Å²) in [7, 11) is 0. The number of nitrogens with one attached hydrogen (secondary N) is 2. The van der Waals surface area contributed by atoms with Gasteiger partial charge in [0.25, 0.3) is 0 Å². The van der Waals surface area contributed by atoms with Crippen molar-refractivity contribution in [2.45, 2.75) is 63.5 Å². The summed E-state index contributed by atoms with van der Waals surface area (Å²) >= 11 is 0. The summed E-state index contributed by atoms with van der Waals surface area (Å²) in [5.74, 6) is -0.00360. The largest absolute Gasteiger partial charge is 0.337 e. The van der Waals surface area contributed by atoms with Gasteiger partial charge >= 0.3 is 0 Å². The molecule has 2 N–H and O–H groups in total. The third kappa shape index (κ3) is 4.69. The lowest BCUT2D eigenvalue weighted by atomic mass is 10.00. The molecule has 21 heavy (non-hydrogen) atoms. The first kappa shape index (κ1) is 16.3. The summed E-state index contributed by atoms with van der Waals surface area (Å²) in [6.07, 6.45) is 7.40. The van der Waals surface area contributed by atoms with E-state index >= 15 is 0 Å². The Balaban J connectivity index is 1.80. The van der Waals surface area contributed by atoms with Crippen LogP contribution in [0.2, 0.25) is 0 Å². The fourth-order valence-corrected chi connectivity index (χ4v) is 3.45. The number of carbonyl (C=O) groups is 1. The SMILES string of the molecule is CCN(CC(=O)NC1(C#N)CCCC1)CC1CCCCN1. The number of carbonyl (C=O) groups excluding carboxylic acids is 1. The highest BCUT2D eigenvalue weighted by molar-refractivity contribution is 5.79. The Morgan fingerprint density at radius 1 is 1.38 bits per heavy atom. The first-order valence-corrected chi connectivity index (χ1v) is 8.35. The molecule has 2 rings (SSSR count). The lowest BCUT2D eigenvalue weighted by Crippen LogP contribution is -2.51. The fraction of sp³-hybridized carbons (Fsp3) is 0.875. The zero-order chi connectivity index (χ0) is 15.1. The number of nitrogens with zero attached hydrogens (tertiary/aromatic N) is 2. The van der Waals surface area contributed by atoms with Gasteiger partial charge in [0.1, 0.15) is 5.54 Å². The first-order valence-electron chi connectivity index (χ1n) is 8.35. The number of piperidine rings is 1. The Kier molecular flexibility index (Phi) is 6.01. The molecule has 118 valence electrons. The zero-order valence-corrected chi connectivity index (χ0v) is 13.2. The molecule has 0 aromatic carbocycles. The van der Waals surface area contributed by atoms with Crippen LogP contribution in [0.1, 0.15) is 51.9 Å². The molecule has 0 aromatic heterocycles. The van der Waals surface area contributed by atoms with Gasteiger partial charge in [0, 0.05) is 12.6 Å². The second-order valence-electron chi connectivity index (χ2n) is 6.42. The van der Waals surface area contributed by atoms with Gasteiger partial charge in [0.05, 0.1) is 12.6 Å². The number of nitriles is 1. The van der Waals surface area contributed by atoms with Crippen molar-refractivity contribution in [1.82, 2.24) is 15.5 Å². The number of hydrogen-bond acceptors (Lipinski definition) is 4. The van der Waals surface area contributed by atoms with Crippen molar-refractivity contribution in [3.05, 3.63) is 0 Å². The van der Waals surface area contributed by atoms with E-state index < -0.39 is 5.54 Å². The highest BCUT2D eigenvalue weighted by Gasteiger charge is 2.35. The maximum atomic E-state index is 12.2. The van der Waals surface area contributed by atoms with Crippen LogP contribution >= 0.6 is 0 Å². The minimum absolute atomic E-state index is 0.00360. The van der Waals surface area contributed by atoms with Crippen LogP contribution in [0.4, 0.5) is 0 Å². The molecule has 1 aliphatic heterocycles. The van der Waals surface area contributed by atoms with Crippen LogP contribution in [0.15, 0.2) is 0 Å². The Morgan fingerprint density at radius 3 is 2.71 bits per heavy atom. The second kappa shape index (κ2) is 7.77. The predicted octanol–water partition coefficient (Wildman–Crippen LogP) is 1.40. The van der Waals surface area contributed by atoms with Gasteiger partial charge in [-0.2, -0.15) is 5.26 Å². The van der Waals surface area contributed by atoms with Gasteiger partial charge in [-0.1, -0.05) is 13.3 Å². The van der Waals surface area contributed by atoms with Crippen LogP contribution in [0.3, 0.4) is 0 Å². The fourth-order valence-electron chi connectivity index (χ4n) is 3.45. The molecule has 1 saturated carbocycles. The summed E-state index contributed by atoms with van der Waals surface area (Å²) in [5, 5.41) is 15.8. The average Bonchev–Trinajstić information content (AvgIpc) is 2.96. The molecule has 1 unspecified atom stereocenters. The predicted molar refractivity (Wildman–Crippen MR) is 82.7 cm³/mol. The minimum atomic E-state index is -0.598. The molecule has 1 heterocycles. The van der Waals surface area contributed by atoms with E-state index in [0.717, 1.165) is 45.3 Å². The Morgan fingerprint density at radius 2 is 2.14 bits per heavy atom. The topological polar surface area (TPSA) is 68.2 Å². The third-order valence-corrected chi connectivity index (χ3v) is 4.76. The standard InChI is InChI=1S/C16H28N4O/c1-2-20(11-14-7-3-6-10-18-14)12-15(21)19-16(13-17)8-4-5-9-16/h14,18H,2-12H2,1H3,(H,19,21). The molecule has 1 aliphatic carbocycles. The van der Waals surface area contributed by atoms with Gasteiger partial charge < -0.3 is 10.6 Å². The van der Waals surface area contributed by atoms with Gasteiger partial charge in [0.2, 0.25) is 5.91 Å². The van der Waals surface area contributed by atoms with E-state index in [1.54, 1.807) is 0 Å². The van der Waals surface area contributed by atoms with Gasteiger partial charge in [-0.3, -0.25) is 9.69 Å². The van der Waals surface area contributed by atoms with E-state index in [2.05, 4.69) is 28.5 Å². The van der Waals surface area contributed by atoms with Crippen molar-refractivity contribution >= 4 is 5.91 Å². The van der Waals surface area contributed by atoms with Crippen molar-refractivity contribution in [3.8, 4) is 6.07 Å². The smallest absolute Gasteiger partial charge is 0.235 e. The Bertz CT molecular complexity index is 378. The van der Waals surface area contributed by atoms with E-state index in [1.807, 2.05) is 0 Å². The number of hydrogen-bond donors (Lipinski definition) is 2. The number of likely N-dealkylation sites (N-methyl/N-ethyl adjacent to an activating group) is 1. The van der Waals surface area contributed by atoms with Gasteiger partial charge in [-0.15, -0.1) is 0 Å². The molecule has 0 spiro atoms. The third-order valence-electron chi connectivity index (χ3n) is 4.76. The molecule has 2 fully saturated rings. The number of amides is 1. The lowest BCUT2D eigenvalue weighted by molar-refractivity contribution is -0.123. The molecule has 0 aromatic rings. The molecule has 1 atom stereocenters. The van der Waals surface area contributed by atoms with Crippen LogP contribution in [-0.2, 0) is 4.79 Å². The summed E-state index contributed by atoms with van der Waals surface area (Å²) in [6, 6.07) is 2.82. The lowest BCUT2D eigenvalue weighted by Gasteiger charge is -2.30. The van der Waals surface area contributed by atoms with E-state index in [0.29, 0.717) is 12.6 Å². The highest BCUT2D eigenvalue weighted by Crippen LogP contribution is 2.28. The van der Waals surface area contributed by atoms with Crippen LogP contribution < -0.4 is 10.6 Å². The molecule has 0 bridgehead atoms. The zero-order valence-electron chi connectivity index (χ0n) is 13.2. The summed E-state index contributed by atoms with van der Waals surface area (Å²) in [4.78, 5) is 14.4. The van der Waals surface area contributed by atoms with Crippen molar-refractivity contribution < 1.29 is 4.79 Å². The van der Waals surface area contributed by atoms with Crippen LogP contribution in [0, 0.1) is 11.3 Å². The molecule has 5 heteroatoms. The summed E-state index contributed by atoms with van der Waals surface area (Å²) < 4.78 is 0. The monoisotopic (exact) mass is 292 g/mol. The van der Waals surface area contributed by atoms with Crippen molar-refractivity contribution in [3.63, 3.8) is 0 Å². The number of rotatable bonds is 6.